The molecule has 2 saturated heterocycles. The highest BCUT2D eigenvalue weighted by molar-refractivity contribution is 6.06. The fraction of sp³-hybridized carbons (Fsp3) is 0.488. The van der Waals surface area contributed by atoms with Crippen LogP contribution < -0.4 is 20.3 Å². The Balaban J connectivity index is 0.921. The smallest absolute Gasteiger partial charge is 0.433 e. The summed E-state index contributed by atoms with van der Waals surface area (Å²) in [6.45, 7) is 6.68. The summed E-state index contributed by atoms with van der Waals surface area (Å²) in [5.74, 6) is -0.324. The van der Waals surface area contributed by atoms with Crippen LogP contribution in [0.25, 0.3) is 5.65 Å². The average Bonchev–Trinajstić information content (AvgIpc) is 3.57. The largest absolute Gasteiger partial charge is 0.490 e. The SMILES string of the molecule is CC(C)Oc1cc2nc([C@H]3CC[C@H](CN(C)C4CCN(c5ccc(C6CCC(=O)NC6=O)cc5)CC4)CC3)cn2cc1C(=O)Nc1cccc(C(F)(F)F)n1. The molecule has 11 nitrogen and oxygen atoms in total. The first kappa shape index (κ1) is 38.3. The number of imidazole rings is 1. The fourth-order valence-electron chi connectivity index (χ4n) is 8.29. The Morgan fingerprint density at radius 3 is 2.38 bits per heavy atom. The minimum atomic E-state index is -4.63. The highest BCUT2D eigenvalue weighted by Gasteiger charge is 2.33. The predicted octanol–water partition coefficient (Wildman–Crippen LogP) is 7.18. The first-order valence-electron chi connectivity index (χ1n) is 19.2. The number of hydrogen-bond acceptors (Lipinski definition) is 8. The Bertz CT molecular complexity index is 2020. The number of carbonyl (C=O) groups is 3. The molecule has 4 aromatic rings. The molecule has 14 heteroatoms. The number of pyridine rings is 2. The topological polar surface area (TPSA) is 121 Å². The van der Waals surface area contributed by atoms with Crippen molar-refractivity contribution in [2.24, 2.45) is 5.92 Å². The number of hydrogen-bond donors (Lipinski definition) is 2. The molecule has 3 amide bonds. The van der Waals surface area contributed by atoms with Crippen molar-refractivity contribution in [2.45, 2.75) is 95.4 Å². The number of anilines is 2. The number of piperidine rings is 2. The monoisotopic (exact) mass is 759 g/mol. The molecule has 1 saturated carbocycles. The van der Waals surface area contributed by atoms with E-state index in [0.29, 0.717) is 36.2 Å². The number of fused-ring (bicyclic) bond motifs is 1. The molecule has 2 N–H and O–H groups in total. The minimum absolute atomic E-state index is 0.171. The highest BCUT2D eigenvalue weighted by atomic mass is 19.4. The maximum atomic E-state index is 13.4. The third kappa shape index (κ3) is 8.95. The number of rotatable bonds is 10. The first-order valence-corrected chi connectivity index (χ1v) is 19.2. The van der Waals surface area contributed by atoms with Gasteiger partial charge in [-0.1, -0.05) is 18.2 Å². The van der Waals surface area contributed by atoms with E-state index in [4.69, 9.17) is 9.72 Å². The molecule has 3 aliphatic rings. The first-order chi connectivity index (χ1) is 26.3. The lowest BCUT2D eigenvalue weighted by molar-refractivity contribution is -0.141. The van der Waals surface area contributed by atoms with Gasteiger partial charge in [0.05, 0.1) is 23.3 Å². The van der Waals surface area contributed by atoms with E-state index < -0.39 is 17.8 Å². The molecule has 0 spiro atoms. The lowest BCUT2D eigenvalue weighted by Gasteiger charge is -2.40. The summed E-state index contributed by atoms with van der Waals surface area (Å²) in [5, 5.41) is 4.95. The number of imide groups is 1. The van der Waals surface area contributed by atoms with Gasteiger partial charge in [-0.05, 0) is 102 Å². The molecule has 0 radical (unpaired) electrons. The molecule has 7 rings (SSSR count). The van der Waals surface area contributed by atoms with E-state index in [1.807, 2.05) is 32.2 Å². The number of benzene rings is 1. The van der Waals surface area contributed by atoms with Gasteiger partial charge in [-0.2, -0.15) is 13.2 Å². The second kappa shape index (κ2) is 16.0. The number of halogens is 3. The Hall–Kier alpha value is -4.98. The molecule has 3 fully saturated rings. The van der Waals surface area contributed by atoms with Crippen molar-refractivity contribution in [1.82, 2.24) is 24.6 Å². The Morgan fingerprint density at radius 2 is 1.71 bits per heavy atom. The molecule has 3 aromatic heterocycles. The van der Waals surface area contributed by atoms with E-state index >= 15 is 0 Å². The molecule has 0 bridgehead atoms. The Morgan fingerprint density at radius 1 is 0.982 bits per heavy atom. The second-order valence-electron chi connectivity index (χ2n) is 15.5. The molecule has 1 aliphatic carbocycles. The van der Waals surface area contributed by atoms with Gasteiger partial charge >= 0.3 is 6.18 Å². The van der Waals surface area contributed by atoms with Crippen molar-refractivity contribution in [2.75, 3.05) is 36.9 Å². The van der Waals surface area contributed by atoms with Gasteiger partial charge < -0.3 is 24.3 Å². The third-order valence-corrected chi connectivity index (χ3v) is 11.3. The number of aromatic nitrogens is 3. The van der Waals surface area contributed by atoms with Crippen LogP contribution in [-0.4, -0.2) is 75.8 Å². The van der Waals surface area contributed by atoms with E-state index in [1.165, 1.54) is 12.1 Å². The molecular weight excluding hydrogens is 711 g/mol. The van der Waals surface area contributed by atoms with Gasteiger partial charge in [-0.15, -0.1) is 0 Å². The van der Waals surface area contributed by atoms with Crippen LogP contribution in [0.4, 0.5) is 24.7 Å². The van der Waals surface area contributed by atoms with Crippen molar-refractivity contribution >= 4 is 34.9 Å². The lowest BCUT2D eigenvalue weighted by Crippen LogP contribution is -2.45. The second-order valence-corrected chi connectivity index (χ2v) is 15.5. The summed E-state index contributed by atoms with van der Waals surface area (Å²) in [4.78, 5) is 50.6. The van der Waals surface area contributed by atoms with Crippen LogP contribution in [-0.2, 0) is 15.8 Å². The molecule has 1 unspecified atom stereocenters. The van der Waals surface area contributed by atoms with Gasteiger partial charge in [0.15, 0.2) is 0 Å². The van der Waals surface area contributed by atoms with Crippen molar-refractivity contribution in [3.63, 3.8) is 0 Å². The standard InChI is InChI=1S/C41H48F3N7O4/c1-25(2)55-34-21-37-45-33(24-51(37)23-32(34)40(54)47-36-6-4-5-35(46-36)41(42,43)44)28-9-7-26(8-10-28)22-49(3)29-17-19-50(20-18-29)30-13-11-27(12-14-30)31-15-16-38(52)48-39(31)53/h4-6,11-14,21,23-26,28-29,31H,7-10,15-20,22H2,1-3H3,(H,46,47,54)(H,48,52,53)/t26-,28-,31?. The van der Waals surface area contributed by atoms with Crippen LogP contribution in [0.1, 0.15) is 104 Å². The predicted molar refractivity (Wildman–Crippen MR) is 202 cm³/mol. The van der Waals surface area contributed by atoms with Gasteiger partial charge in [-0.3, -0.25) is 19.7 Å². The molecule has 1 atom stereocenters. The van der Waals surface area contributed by atoms with E-state index in [-0.39, 0.29) is 41.1 Å². The number of carbonyl (C=O) groups excluding carboxylic acids is 3. The molecule has 5 heterocycles. The summed E-state index contributed by atoms with van der Waals surface area (Å²) in [6, 6.07) is 13.9. The van der Waals surface area contributed by atoms with Crippen molar-refractivity contribution in [1.29, 1.82) is 0 Å². The Labute approximate surface area is 318 Å². The quantitative estimate of drug-likeness (QED) is 0.163. The van der Waals surface area contributed by atoms with Crippen LogP contribution in [0.3, 0.4) is 0 Å². The van der Waals surface area contributed by atoms with Crippen LogP contribution in [0, 0.1) is 5.92 Å². The maximum absolute atomic E-state index is 13.4. The van der Waals surface area contributed by atoms with Crippen molar-refractivity contribution in [3.8, 4) is 5.75 Å². The maximum Gasteiger partial charge on any atom is 0.433 e. The zero-order valence-corrected chi connectivity index (χ0v) is 31.4. The highest BCUT2D eigenvalue weighted by Crippen LogP contribution is 2.37. The summed E-state index contributed by atoms with van der Waals surface area (Å²) >= 11 is 0. The number of alkyl halides is 3. The van der Waals surface area contributed by atoms with Crippen molar-refractivity contribution < 1.29 is 32.3 Å². The lowest BCUT2D eigenvalue weighted by atomic mass is 9.80. The summed E-state index contributed by atoms with van der Waals surface area (Å²) < 4.78 is 47.4. The molecule has 2 aliphatic heterocycles. The molecular formula is C41H48F3N7O4. The van der Waals surface area contributed by atoms with Crippen LogP contribution in [0.5, 0.6) is 5.75 Å². The van der Waals surface area contributed by atoms with Gasteiger partial charge in [0.2, 0.25) is 11.8 Å². The molecule has 1 aromatic carbocycles. The minimum Gasteiger partial charge on any atom is -0.490 e. The zero-order valence-electron chi connectivity index (χ0n) is 31.4. The summed E-state index contributed by atoms with van der Waals surface area (Å²) in [7, 11) is 2.25. The zero-order chi connectivity index (χ0) is 38.9. The number of amides is 3. The van der Waals surface area contributed by atoms with Crippen LogP contribution >= 0.6 is 0 Å². The number of nitrogens with one attached hydrogen (secondary N) is 2. The van der Waals surface area contributed by atoms with Crippen LogP contribution in [0.15, 0.2) is 60.9 Å². The summed E-state index contributed by atoms with van der Waals surface area (Å²) in [5.41, 5.74) is 2.80. The Kier molecular flexibility index (Phi) is 11.2. The molecule has 55 heavy (non-hydrogen) atoms. The number of nitrogens with zero attached hydrogens (tertiary/aromatic N) is 5. The third-order valence-electron chi connectivity index (χ3n) is 11.3. The number of ether oxygens (including phenoxy) is 1. The average molecular weight is 760 g/mol. The molecule has 292 valence electrons. The van der Waals surface area contributed by atoms with Gasteiger partial charge in [0.25, 0.3) is 5.91 Å². The fourth-order valence-corrected chi connectivity index (χ4v) is 8.29. The summed E-state index contributed by atoms with van der Waals surface area (Å²) in [6.07, 6.45) is 6.01. The van der Waals surface area contributed by atoms with E-state index in [2.05, 4.69) is 44.6 Å². The van der Waals surface area contributed by atoms with Crippen molar-refractivity contribution in [3.05, 3.63) is 83.4 Å². The normalized spacial score (nSPS) is 21.3. The van der Waals surface area contributed by atoms with Gasteiger partial charge in [-0.25, -0.2) is 9.97 Å². The van der Waals surface area contributed by atoms with Crippen LogP contribution in [0.2, 0.25) is 0 Å². The van der Waals surface area contributed by atoms with Gasteiger partial charge in [0, 0.05) is 62.2 Å². The van der Waals surface area contributed by atoms with Gasteiger partial charge in [0.1, 0.15) is 22.9 Å². The van der Waals surface area contributed by atoms with E-state index in [9.17, 15) is 27.6 Å². The van der Waals surface area contributed by atoms with E-state index in [0.717, 1.165) is 81.2 Å². The van der Waals surface area contributed by atoms with E-state index in [1.54, 1.807) is 16.7 Å².